The zero-order chi connectivity index (χ0) is 13.1. The van der Waals surface area contributed by atoms with Crippen LogP contribution >= 0.6 is 11.6 Å². The highest BCUT2D eigenvalue weighted by molar-refractivity contribution is 6.31. The van der Waals surface area contributed by atoms with Crippen LogP contribution in [-0.2, 0) is 6.54 Å². The van der Waals surface area contributed by atoms with Gasteiger partial charge in [0.25, 0.3) is 0 Å². The second-order valence-corrected chi connectivity index (χ2v) is 5.37. The van der Waals surface area contributed by atoms with Gasteiger partial charge in [-0.05, 0) is 38.1 Å². The van der Waals surface area contributed by atoms with Crippen LogP contribution in [0.4, 0.5) is 5.69 Å². The first-order valence-electron chi connectivity index (χ1n) is 5.80. The summed E-state index contributed by atoms with van der Waals surface area (Å²) in [4.78, 5) is 2.15. The van der Waals surface area contributed by atoms with Gasteiger partial charge in [-0.15, -0.1) is 0 Å². The summed E-state index contributed by atoms with van der Waals surface area (Å²) in [5.74, 6) is 0. The molecule has 1 rings (SSSR count). The van der Waals surface area contributed by atoms with Gasteiger partial charge in [-0.1, -0.05) is 24.6 Å². The van der Waals surface area contributed by atoms with Crippen LogP contribution in [0.5, 0.6) is 0 Å². The Kier molecular flexibility index (Phi) is 4.80. The molecule has 3 N–H and O–H groups in total. The van der Waals surface area contributed by atoms with E-state index >= 15 is 0 Å². The molecule has 0 saturated heterocycles. The first-order valence-corrected chi connectivity index (χ1v) is 6.18. The summed E-state index contributed by atoms with van der Waals surface area (Å²) in [5.41, 5.74) is 6.66. The van der Waals surface area contributed by atoms with Crippen molar-refractivity contribution in [1.82, 2.24) is 4.90 Å². The van der Waals surface area contributed by atoms with Gasteiger partial charge >= 0.3 is 0 Å². The summed E-state index contributed by atoms with van der Waals surface area (Å²) in [6.45, 7) is 7.88. The lowest BCUT2D eigenvalue weighted by Gasteiger charge is -2.28. The molecule has 0 atom stereocenters. The van der Waals surface area contributed by atoms with Crippen LogP contribution in [0.15, 0.2) is 18.2 Å². The van der Waals surface area contributed by atoms with Crippen molar-refractivity contribution in [2.24, 2.45) is 0 Å². The van der Waals surface area contributed by atoms with E-state index in [0.717, 1.165) is 18.7 Å². The van der Waals surface area contributed by atoms with Gasteiger partial charge in [0.15, 0.2) is 0 Å². The molecular formula is C13H21ClN2O. The fraction of sp³-hybridized carbons (Fsp3) is 0.538. The zero-order valence-electron chi connectivity index (χ0n) is 10.7. The third-order valence-electron chi connectivity index (χ3n) is 2.53. The molecule has 0 spiro atoms. The van der Waals surface area contributed by atoms with E-state index in [9.17, 15) is 5.11 Å². The number of nitrogens with two attached hydrogens (primary N) is 1. The molecule has 0 radical (unpaired) electrons. The number of hydrogen-bond acceptors (Lipinski definition) is 3. The minimum atomic E-state index is -0.698. The number of nitrogens with zero attached hydrogens (tertiary/aromatic N) is 1. The molecule has 0 aliphatic heterocycles. The lowest BCUT2D eigenvalue weighted by Crippen LogP contribution is -2.38. The van der Waals surface area contributed by atoms with Gasteiger partial charge in [-0.3, -0.25) is 4.90 Å². The van der Waals surface area contributed by atoms with E-state index in [-0.39, 0.29) is 0 Å². The zero-order valence-corrected chi connectivity index (χ0v) is 11.5. The maximum Gasteiger partial charge on any atom is 0.0718 e. The minimum absolute atomic E-state index is 0.615. The van der Waals surface area contributed by atoms with Crippen molar-refractivity contribution >= 4 is 17.3 Å². The summed E-state index contributed by atoms with van der Waals surface area (Å²) < 4.78 is 0. The highest BCUT2D eigenvalue weighted by atomic mass is 35.5. The fourth-order valence-electron chi connectivity index (χ4n) is 1.76. The maximum absolute atomic E-state index is 9.82. The first-order chi connectivity index (χ1) is 7.81. The number of hydrogen-bond donors (Lipinski definition) is 2. The van der Waals surface area contributed by atoms with Gasteiger partial charge in [0.1, 0.15) is 0 Å². The predicted molar refractivity (Wildman–Crippen MR) is 73.1 cm³/mol. The number of likely N-dealkylation sites (N-methyl/N-ethyl adjacent to an activating group) is 1. The Morgan fingerprint density at radius 3 is 2.53 bits per heavy atom. The number of nitrogen functional groups attached to an aromatic ring is 1. The average Bonchev–Trinajstić information content (AvgIpc) is 2.19. The van der Waals surface area contributed by atoms with E-state index in [2.05, 4.69) is 11.8 Å². The van der Waals surface area contributed by atoms with Crippen molar-refractivity contribution in [3.8, 4) is 0 Å². The van der Waals surface area contributed by atoms with E-state index in [0.29, 0.717) is 17.3 Å². The minimum Gasteiger partial charge on any atom is -0.399 e. The second-order valence-electron chi connectivity index (χ2n) is 4.97. The second kappa shape index (κ2) is 5.71. The molecule has 17 heavy (non-hydrogen) atoms. The topological polar surface area (TPSA) is 49.5 Å². The molecule has 0 aliphatic carbocycles. The molecule has 4 heteroatoms. The summed E-state index contributed by atoms with van der Waals surface area (Å²) in [6.07, 6.45) is 0. The van der Waals surface area contributed by atoms with Crippen LogP contribution in [-0.4, -0.2) is 28.7 Å². The molecular weight excluding hydrogens is 236 g/mol. The number of halogens is 1. The SMILES string of the molecule is CCN(Cc1ccc(N)cc1Cl)CC(C)(C)O. The Balaban J connectivity index is 2.74. The number of aliphatic hydroxyl groups is 1. The smallest absolute Gasteiger partial charge is 0.0718 e. The van der Waals surface area contributed by atoms with Crippen molar-refractivity contribution in [3.05, 3.63) is 28.8 Å². The van der Waals surface area contributed by atoms with Crippen LogP contribution in [0.25, 0.3) is 0 Å². The standard InChI is InChI=1S/C13H21ClN2O/c1-4-16(9-13(2,3)17)8-10-5-6-11(15)7-12(10)14/h5-7,17H,4,8-9,15H2,1-3H3. The van der Waals surface area contributed by atoms with Crippen LogP contribution in [0.3, 0.4) is 0 Å². The van der Waals surface area contributed by atoms with Gasteiger partial charge in [0.2, 0.25) is 0 Å². The molecule has 0 aromatic heterocycles. The van der Waals surface area contributed by atoms with Gasteiger partial charge in [-0.2, -0.15) is 0 Å². The molecule has 0 amide bonds. The predicted octanol–water partition coefficient (Wildman–Crippen LogP) is 2.52. The highest BCUT2D eigenvalue weighted by Gasteiger charge is 2.17. The average molecular weight is 257 g/mol. The summed E-state index contributed by atoms with van der Waals surface area (Å²) in [7, 11) is 0. The lowest BCUT2D eigenvalue weighted by molar-refractivity contribution is 0.0353. The van der Waals surface area contributed by atoms with Crippen LogP contribution in [0, 0.1) is 0 Å². The highest BCUT2D eigenvalue weighted by Crippen LogP contribution is 2.21. The lowest BCUT2D eigenvalue weighted by atomic mass is 10.1. The molecule has 0 unspecified atom stereocenters. The molecule has 1 aromatic carbocycles. The largest absolute Gasteiger partial charge is 0.399 e. The van der Waals surface area contributed by atoms with Gasteiger partial charge in [0.05, 0.1) is 5.60 Å². The van der Waals surface area contributed by atoms with Crippen molar-refractivity contribution in [3.63, 3.8) is 0 Å². The van der Waals surface area contributed by atoms with Crippen LogP contribution in [0.2, 0.25) is 5.02 Å². The van der Waals surface area contributed by atoms with E-state index < -0.39 is 5.60 Å². The molecule has 0 aliphatic rings. The quantitative estimate of drug-likeness (QED) is 0.796. The molecule has 3 nitrogen and oxygen atoms in total. The summed E-state index contributed by atoms with van der Waals surface area (Å²) >= 11 is 6.13. The van der Waals surface area contributed by atoms with Crippen molar-refractivity contribution in [2.45, 2.75) is 32.9 Å². The Morgan fingerprint density at radius 1 is 1.41 bits per heavy atom. The molecule has 96 valence electrons. The molecule has 0 fully saturated rings. The number of anilines is 1. The third-order valence-corrected chi connectivity index (χ3v) is 2.88. The van der Waals surface area contributed by atoms with E-state index in [1.165, 1.54) is 0 Å². The Hall–Kier alpha value is -0.770. The molecule has 0 saturated carbocycles. The van der Waals surface area contributed by atoms with Gasteiger partial charge in [-0.25, -0.2) is 0 Å². The summed E-state index contributed by atoms with van der Waals surface area (Å²) in [6, 6.07) is 5.54. The van der Waals surface area contributed by atoms with E-state index in [4.69, 9.17) is 17.3 Å². The molecule has 1 aromatic rings. The Morgan fingerprint density at radius 2 is 2.06 bits per heavy atom. The number of rotatable bonds is 5. The fourth-order valence-corrected chi connectivity index (χ4v) is 2.01. The van der Waals surface area contributed by atoms with Gasteiger partial charge in [0, 0.05) is 23.8 Å². The first kappa shape index (κ1) is 14.3. The Bertz CT molecular complexity index is 374. The van der Waals surface area contributed by atoms with E-state index in [1.807, 2.05) is 12.1 Å². The molecule has 0 bridgehead atoms. The van der Waals surface area contributed by atoms with Crippen LogP contribution < -0.4 is 5.73 Å². The van der Waals surface area contributed by atoms with Crippen molar-refractivity contribution < 1.29 is 5.11 Å². The number of benzene rings is 1. The van der Waals surface area contributed by atoms with Gasteiger partial charge < -0.3 is 10.8 Å². The van der Waals surface area contributed by atoms with Crippen LogP contribution in [0.1, 0.15) is 26.3 Å². The van der Waals surface area contributed by atoms with Crippen molar-refractivity contribution in [2.75, 3.05) is 18.8 Å². The third kappa shape index (κ3) is 4.94. The van der Waals surface area contributed by atoms with E-state index in [1.54, 1.807) is 19.9 Å². The molecule has 0 heterocycles. The maximum atomic E-state index is 9.82. The summed E-state index contributed by atoms with van der Waals surface area (Å²) in [5, 5.41) is 10.5. The van der Waals surface area contributed by atoms with Crippen molar-refractivity contribution in [1.29, 1.82) is 0 Å². The Labute approximate surface area is 108 Å². The monoisotopic (exact) mass is 256 g/mol. The normalized spacial score (nSPS) is 12.1.